The van der Waals surface area contributed by atoms with E-state index in [1.807, 2.05) is 30.3 Å². The zero-order valence-corrected chi connectivity index (χ0v) is 16.9. The summed E-state index contributed by atoms with van der Waals surface area (Å²) >= 11 is 7.08. The van der Waals surface area contributed by atoms with Crippen molar-refractivity contribution in [3.05, 3.63) is 59.1 Å². The molecule has 1 unspecified atom stereocenters. The van der Waals surface area contributed by atoms with E-state index in [4.69, 9.17) is 11.6 Å². The Morgan fingerprint density at radius 1 is 1.17 bits per heavy atom. The maximum absolute atomic E-state index is 12.9. The van der Waals surface area contributed by atoms with Gasteiger partial charge in [0.2, 0.25) is 5.91 Å². The second kappa shape index (κ2) is 8.46. The molecule has 10 heteroatoms. The molecule has 152 valence electrons. The van der Waals surface area contributed by atoms with Crippen molar-refractivity contribution >= 4 is 35.0 Å². The van der Waals surface area contributed by atoms with Crippen molar-refractivity contribution in [1.29, 1.82) is 0 Å². The average Bonchev–Trinajstić information content (AvgIpc) is 3.03. The molecule has 0 spiro atoms. The summed E-state index contributed by atoms with van der Waals surface area (Å²) in [5, 5.41) is 10.6. The fourth-order valence-corrected chi connectivity index (χ4v) is 3.48. The molecule has 0 saturated carbocycles. The molecule has 5 nitrogen and oxygen atoms in total. The van der Waals surface area contributed by atoms with Crippen LogP contribution in [0.25, 0.3) is 11.4 Å². The Hall–Kier alpha value is -2.52. The minimum absolute atomic E-state index is 0.0218. The first kappa shape index (κ1) is 21.2. The van der Waals surface area contributed by atoms with Crippen LogP contribution >= 0.6 is 23.4 Å². The lowest BCUT2D eigenvalue weighted by molar-refractivity contribution is -0.137. The maximum Gasteiger partial charge on any atom is 0.416 e. The summed E-state index contributed by atoms with van der Waals surface area (Å²) in [7, 11) is 1.78. The highest BCUT2D eigenvalue weighted by Gasteiger charge is 2.31. The van der Waals surface area contributed by atoms with Gasteiger partial charge in [0, 0.05) is 12.6 Å². The molecule has 29 heavy (non-hydrogen) atoms. The van der Waals surface area contributed by atoms with Crippen LogP contribution in [0.4, 0.5) is 18.9 Å². The molecule has 3 aromatic rings. The first-order valence-corrected chi connectivity index (χ1v) is 9.71. The van der Waals surface area contributed by atoms with E-state index in [0.717, 1.165) is 35.5 Å². The number of amides is 1. The molecule has 0 aliphatic rings. The Balaban J connectivity index is 1.73. The lowest BCUT2D eigenvalue weighted by Crippen LogP contribution is -2.23. The number of nitrogens with zero attached hydrogens (tertiary/aromatic N) is 3. The van der Waals surface area contributed by atoms with Crippen LogP contribution in [0.3, 0.4) is 0 Å². The van der Waals surface area contributed by atoms with Crippen molar-refractivity contribution in [1.82, 2.24) is 14.8 Å². The van der Waals surface area contributed by atoms with Crippen LogP contribution in [0.15, 0.2) is 53.7 Å². The van der Waals surface area contributed by atoms with Gasteiger partial charge in [-0.05, 0) is 25.1 Å². The lowest BCUT2D eigenvalue weighted by Gasteiger charge is -2.14. The molecule has 1 atom stereocenters. The van der Waals surface area contributed by atoms with Gasteiger partial charge < -0.3 is 9.88 Å². The maximum atomic E-state index is 12.9. The normalized spacial score (nSPS) is 12.6. The second-order valence-electron chi connectivity index (χ2n) is 6.17. The molecule has 0 aliphatic heterocycles. The van der Waals surface area contributed by atoms with Gasteiger partial charge in [-0.1, -0.05) is 53.7 Å². The molecule has 0 fully saturated rings. The van der Waals surface area contributed by atoms with Gasteiger partial charge in [-0.25, -0.2) is 0 Å². The third-order valence-electron chi connectivity index (χ3n) is 4.07. The standard InChI is InChI=1S/C19H16ClF3N4OS/c1-11(17(28)24-15-10-13(19(21,22)23)8-9-14(15)20)29-18-26-25-16(27(18)2)12-6-4-3-5-7-12/h3-11H,1-2H3,(H,24,28). The number of anilines is 1. The number of rotatable bonds is 5. The Morgan fingerprint density at radius 2 is 1.86 bits per heavy atom. The zero-order chi connectivity index (χ0) is 21.2. The third-order valence-corrected chi connectivity index (χ3v) is 5.53. The molecule has 0 bridgehead atoms. The van der Waals surface area contributed by atoms with E-state index in [2.05, 4.69) is 15.5 Å². The molecule has 1 N–H and O–H groups in total. The van der Waals surface area contributed by atoms with Crippen molar-refractivity contribution in [3.63, 3.8) is 0 Å². The summed E-state index contributed by atoms with van der Waals surface area (Å²) in [4.78, 5) is 12.5. The third kappa shape index (κ3) is 4.91. The van der Waals surface area contributed by atoms with Gasteiger partial charge in [0.15, 0.2) is 11.0 Å². The van der Waals surface area contributed by atoms with Crippen LogP contribution in [-0.4, -0.2) is 25.9 Å². The van der Waals surface area contributed by atoms with E-state index in [1.54, 1.807) is 18.5 Å². The number of alkyl halides is 3. The first-order valence-electron chi connectivity index (χ1n) is 8.46. The highest BCUT2D eigenvalue weighted by atomic mass is 35.5. The van der Waals surface area contributed by atoms with Gasteiger partial charge in [0.1, 0.15) is 0 Å². The predicted molar refractivity (Wildman–Crippen MR) is 107 cm³/mol. The van der Waals surface area contributed by atoms with Crippen LogP contribution in [0, 0.1) is 0 Å². The molecular weight excluding hydrogens is 425 g/mol. The summed E-state index contributed by atoms with van der Waals surface area (Å²) in [6, 6.07) is 12.2. The van der Waals surface area contributed by atoms with Gasteiger partial charge in [-0.3, -0.25) is 4.79 Å². The van der Waals surface area contributed by atoms with Crippen molar-refractivity contribution in [3.8, 4) is 11.4 Å². The number of hydrogen-bond acceptors (Lipinski definition) is 4. The minimum atomic E-state index is -4.53. The topological polar surface area (TPSA) is 59.8 Å². The van der Waals surface area contributed by atoms with E-state index in [9.17, 15) is 18.0 Å². The van der Waals surface area contributed by atoms with Crippen LogP contribution in [0.1, 0.15) is 12.5 Å². The van der Waals surface area contributed by atoms with Crippen LogP contribution in [-0.2, 0) is 18.0 Å². The monoisotopic (exact) mass is 440 g/mol. The summed E-state index contributed by atoms with van der Waals surface area (Å²) in [5.41, 5.74) is -0.109. The smallest absolute Gasteiger partial charge is 0.324 e. The van der Waals surface area contributed by atoms with E-state index in [0.29, 0.717) is 11.0 Å². The zero-order valence-electron chi connectivity index (χ0n) is 15.4. The summed E-state index contributed by atoms with van der Waals surface area (Å²) in [6.07, 6.45) is -4.53. The SMILES string of the molecule is CC(Sc1nnc(-c2ccccc2)n1C)C(=O)Nc1cc(C(F)(F)F)ccc1Cl. The summed E-state index contributed by atoms with van der Waals surface area (Å²) < 4.78 is 40.4. The molecule has 0 saturated heterocycles. The quantitative estimate of drug-likeness (QED) is 0.549. The van der Waals surface area contributed by atoms with E-state index < -0.39 is 22.9 Å². The highest BCUT2D eigenvalue weighted by molar-refractivity contribution is 8.00. The number of thioether (sulfide) groups is 1. The fourth-order valence-electron chi connectivity index (χ4n) is 2.50. The fraction of sp³-hybridized carbons (Fsp3) is 0.211. The van der Waals surface area contributed by atoms with Crippen LogP contribution in [0.5, 0.6) is 0 Å². The van der Waals surface area contributed by atoms with Gasteiger partial charge in [-0.15, -0.1) is 10.2 Å². The summed E-state index contributed by atoms with van der Waals surface area (Å²) in [5.74, 6) is 0.141. The van der Waals surface area contributed by atoms with Gasteiger partial charge in [0.25, 0.3) is 0 Å². The molecular formula is C19H16ClF3N4OS. The van der Waals surface area contributed by atoms with Crippen LogP contribution < -0.4 is 5.32 Å². The highest BCUT2D eigenvalue weighted by Crippen LogP contribution is 2.34. The Morgan fingerprint density at radius 3 is 2.52 bits per heavy atom. The largest absolute Gasteiger partial charge is 0.416 e. The second-order valence-corrected chi connectivity index (χ2v) is 7.89. The molecule has 0 aliphatic carbocycles. The van der Waals surface area contributed by atoms with E-state index in [-0.39, 0.29) is 10.7 Å². The number of hydrogen-bond donors (Lipinski definition) is 1. The molecule has 0 radical (unpaired) electrons. The Bertz CT molecular complexity index is 1020. The first-order chi connectivity index (χ1) is 13.7. The number of carbonyl (C=O) groups excluding carboxylic acids is 1. The van der Waals surface area contributed by atoms with Gasteiger partial charge >= 0.3 is 6.18 Å². The number of aromatic nitrogens is 3. The van der Waals surface area contributed by atoms with E-state index in [1.165, 1.54) is 0 Å². The number of halogens is 4. The van der Waals surface area contributed by atoms with Crippen molar-refractivity contribution in [2.45, 2.75) is 23.5 Å². The molecule has 1 heterocycles. The Kier molecular flexibility index (Phi) is 6.18. The summed E-state index contributed by atoms with van der Waals surface area (Å²) in [6.45, 7) is 1.62. The number of benzene rings is 2. The predicted octanol–water partition coefficient (Wildman–Crippen LogP) is 5.27. The van der Waals surface area contributed by atoms with Crippen molar-refractivity contribution in [2.75, 3.05) is 5.32 Å². The van der Waals surface area contributed by atoms with Gasteiger partial charge in [-0.2, -0.15) is 13.2 Å². The van der Waals surface area contributed by atoms with E-state index >= 15 is 0 Å². The van der Waals surface area contributed by atoms with Gasteiger partial charge in [0.05, 0.1) is 21.5 Å². The molecule has 1 amide bonds. The molecule has 2 aromatic carbocycles. The van der Waals surface area contributed by atoms with Crippen molar-refractivity contribution in [2.24, 2.45) is 7.05 Å². The Labute approximate surface area is 174 Å². The van der Waals surface area contributed by atoms with Crippen LogP contribution in [0.2, 0.25) is 5.02 Å². The molecule has 3 rings (SSSR count). The van der Waals surface area contributed by atoms with Crippen molar-refractivity contribution < 1.29 is 18.0 Å². The number of nitrogens with one attached hydrogen (secondary N) is 1. The lowest BCUT2D eigenvalue weighted by atomic mass is 10.2. The average molecular weight is 441 g/mol. The molecule has 1 aromatic heterocycles. The minimum Gasteiger partial charge on any atom is -0.324 e. The number of carbonyl (C=O) groups is 1.